The van der Waals surface area contributed by atoms with Gasteiger partial charge in [0.05, 0.1) is 0 Å². The molecular formula is C12H27LiOSi. The minimum absolute atomic E-state index is 0.420. The van der Waals surface area contributed by atoms with Crippen LogP contribution in [0.2, 0.25) is 16.6 Å². The van der Waals surface area contributed by atoms with Crippen molar-refractivity contribution in [3.05, 3.63) is 0 Å². The van der Waals surface area contributed by atoms with Crippen LogP contribution in [0.1, 0.15) is 54.9 Å². The molecule has 3 heteroatoms. The van der Waals surface area contributed by atoms with Gasteiger partial charge in [-0.15, -0.1) is 0 Å². The fraction of sp³-hybridized carbons (Fsp3) is 1.00. The minimum atomic E-state index is -1.61. The molecule has 0 radical (unpaired) electrons. The van der Waals surface area contributed by atoms with Crippen molar-refractivity contribution in [2.75, 3.05) is 0 Å². The quantitative estimate of drug-likeness (QED) is 0.615. The third-order valence-electron chi connectivity index (χ3n) is 3.69. The van der Waals surface area contributed by atoms with Crippen LogP contribution in [0, 0.1) is 0 Å². The first-order valence-electron chi connectivity index (χ1n) is 6.46. The Balaban J connectivity index is 4.96. The predicted molar refractivity (Wildman–Crippen MR) is 72.0 cm³/mol. The van der Waals surface area contributed by atoms with Gasteiger partial charge in [0, 0.05) is 0 Å². The van der Waals surface area contributed by atoms with Crippen LogP contribution in [-0.2, 0) is 4.43 Å². The Labute approximate surface area is 107 Å². The van der Waals surface area contributed by atoms with Crippen molar-refractivity contribution in [1.29, 1.82) is 0 Å². The molecular weight excluding hydrogens is 195 g/mol. The zero-order valence-electron chi connectivity index (χ0n) is 11.9. The normalized spacial score (nSPS) is 15.5. The molecule has 1 atom stereocenters. The van der Waals surface area contributed by atoms with Crippen LogP contribution in [0.15, 0.2) is 0 Å². The molecule has 0 aromatic carbocycles. The molecule has 1 unspecified atom stereocenters. The Bertz CT molecular complexity index is 159. The van der Waals surface area contributed by atoms with Crippen LogP contribution in [0.3, 0.4) is 0 Å². The van der Waals surface area contributed by atoms with Crippen molar-refractivity contribution in [3.63, 3.8) is 0 Å². The number of hydrogen-bond acceptors (Lipinski definition) is 1. The van der Waals surface area contributed by atoms with Gasteiger partial charge in [0.1, 0.15) is 0 Å². The molecule has 0 aliphatic rings. The van der Waals surface area contributed by atoms with Crippen LogP contribution < -0.4 is 0 Å². The van der Waals surface area contributed by atoms with Gasteiger partial charge in [-0.2, -0.15) is 0 Å². The Morgan fingerprint density at radius 1 is 0.933 bits per heavy atom. The summed E-state index contributed by atoms with van der Waals surface area (Å²) in [5.41, 5.74) is 2.10. The van der Waals surface area contributed by atoms with Gasteiger partial charge >= 0.3 is 107 Å². The van der Waals surface area contributed by atoms with E-state index in [9.17, 15) is 0 Å². The molecule has 0 heterocycles. The van der Waals surface area contributed by atoms with E-state index in [1.165, 1.54) is 0 Å². The summed E-state index contributed by atoms with van der Waals surface area (Å²) in [6.07, 6.45) is 1.13. The zero-order valence-corrected chi connectivity index (χ0v) is 12.9. The molecule has 15 heavy (non-hydrogen) atoms. The maximum atomic E-state index is 6.51. The van der Waals surface area contributed by atoms with Crippen LogP contribution in [0.4, 0.5) is 0 Å². The molecule has 0 saturated carbocycles. The van der Waals surface area contributed by atoms with E-state index in [2.05, 4.69) is 66.2 Å². The van der Waals surface area contributed by atoms with Crippen molar-refractivity contribution >= 4 is 26.0 Å². The third kappa shape index (κ3) is 3.63. The van der Waals surface area contributed by atoms with Crippen molar-refractivity contribution in [2.45, 2.75) is 76.3 Å². The van der Waals surface area contributed by atoms with Crippen molar-refractivity contribution in [2.24, 2.45) is 0 Å². The first kappa shape index (κ1) is 15.8. The second kappa shape index (κ2) is 6.50. The van der Waals surface area contributed by atoms with E-state index in [-0.39, 0.29) is 0 Å². The first-order valence-corrected chi connectivity index (χ1v) is 8.60. The summed E-state index contributed by atoms with van der Waals surface area (Å²) in [4.78, 5) is 0. The van der Waals surface area contributed by atoms with Gasteiger partial charge in [0.2, 0.25) is 0 Å². The number of hydrogen-bond donors (Lipinski definition) is 0. The van der Waals surface area contributed by atoms with Crippen LogP contribution in [-0.4, -0.2) is 30.8 Å². The summed E-state index contributed by atoms with van der Waals surface area (Å²) in [7, 11) is -1.61. The van der Waals surface area contributed by atoms with Crippen molar-refractivity contribution in [1.82, 2.24) is 0 Å². The van der Waals surface area contributed by atoms with Crippen LogP contribution in [0.5, 0.6) is 0 Å². The average molecular weight is 222 g/mol. The number of rotatable bonds is 6. The fourth-order valence-electron chi connectivity index (χ4n) is 2.84. The molecule has 0 bridgehead atoms. The Kier molecular flexibility index (Phi) is 6.83. The molecule has 0 aliphatic heterocycles. The van der Waals surface area contributed by atoms with Crippen LogP contribution in [0.25, 0.3) is 0 Å². The molecule has 0 saturated heterocycles. The SMILES string of the molecule is [Li][CH](CC)O[Si](C(C)C)(C(C)C)C(C)C. The topological polar surface area (TPSA) is 9.23 Å². The van der Waals surface area contributed by atoms with Gasteiger partial charge in [0.25, 0.3) is 0 Å². The molecule has 0 N–H and O–H groups in total. The van der Waals surface area contributed by atoms with E-state index in [1.54, 1.807) is 0 Å². The summed E-state index contributed by atoms with van der Waals surface area (Å²) in [6, 6.07) is 0. The fourth-order valence-corrected chi connectivity index (χ4v) is 8.52. The Morgan fingerprint density at radius 3 is 1.47 bits per heavy atom. The van der Waals surface area contributed by atoms with E-state index in [1.807, 2.05) is 0 Å². The molecule has 0 amide bonds. The Hall–Kier alpha value is 0.774. The molecule has 0 aromatic heterocycles. The molecule has 0 spiro atoms. The van der Waals surface area contributed by atoms with Gasteiger partial charge in [0.15, 0.2) is 0 Å². The predicted octanol–water partition coefficient (Wildman–Crippen LogP) is 4.08. The van der Waals surface area contributed by atoms with Gasteiger partial charge in [-0.3, -0.25) is 0 Å². The second-order valence-electron chi connectivity index (χ2n) is 5.65. The van der Waals surface area contributed by atoms with Crippen molar-refractivity contribution < 1.29 is 4.43 Å². The Morgan fingerprint density at radius 2 is 1.27 bits per heavy atom. The summed E-state index contributed by atoms with van der Waals surface area (Å²) in [6.45, 7) is 16.3. The van der Waals surface area contributed by atoms with Gasteiger partial charge in [-0.25, -0.2) is 0 Å². The van der Waals surface area contributed by atoms with E-state index >= 15 is 0 Å². The zero-order chi connectivity index (χ0) is 12.2. The summed E-state index contributed by atoms with van der Waals surface area (Å²) >= 11 is 2.22. The molecule has 0 rings (SSSR count). The molecule has 0 aromatic rings. The van der Waals surface area contributed by atoms with E-state index in [0.717, 1.165) is 6.42 Å². The van der Waals surface area contributed by atoms with Crippen LogP contribution >= 0.6 is 0 Å². The van der Waals surface area contributed by atoms with Gasteiger partial charge in [-0.05, 0) is 0 Å². The molecule has 1 nitrogen and oxygen atoms in total. The maximum absolute atomic E-state index is 6.51. The van der Waals surface area contributed by atoms with Gasteiger partial charge < -0.3 is 0 Å². The standard InChI is InChI=1S/C12H27OSi.Li/c1-8-9-13-14(10(2)3,11(4)5)12(6)7;/h9-12H,8H2,1-7H3;. The van der Waals surface area contributed by atoms with Crippen molar-refractivity contribution in [3.8, 4) is 0 Å². The first-order chi connectivity index (χ1) is 6.78. The summed E-state index contributed by atoms with van der Waals surface area (Å²) in [5, 5.41) is 0. The summed E-state index contributed by atoms with van der Waals surface area (Å²) < 4.78 is 6.93. The van der Waals surface area contributed by atoms with E-state index in [4.69, 9.17) is 4.43 Å². The molecule has 0 aliphatic carbocycles. The molecule has 0 fully saturated rings. The average Bonchev–Trinajstić information content (AvgIpc) is 2.11. The molecule has 86 valence electrons. The monoisotopic (exact) mass is 222 g/mol. The second-order valence-corrected chi connectivity index (χ2v) is 11.1. The van der Waals surface area contributed by atoms with E-state index < -0.39 is 8.32 Å². The van der Waals surface area contributed by atoms with E-state index in [0.29, 0.717) is 21.4 Å². The third-order valence-corrected chi connectivity index (χ3v) is 9.91. The summed E-state index contributed by atoms with van der Waals surface area (Å²) in [5.74, 6) is 0. The van der Waals surface area contributed by atoms with Gasteiger partial charge in [-0.1, -0.05) is 0 Å².